The smallest absolute Gasteiger partial charge is 0.124 e. The Hall–Kier alpha value is -0.910. The van der Waals surface area contributed by atoms with Crippen molar-refractivity contribution in [2.24, 2.45) is 0 Å². The number of hydrogen-bond donors (Lipinski definition) is 0. The summed E-state index contributed by atoms with van der Waals surface area (Å²) in [7, 11) is 1.45. The summed E-state index contributed by atoms with van der Waals surface area (Å²) in [5, 5.41) is 0. The first-order valence-corrected chi connectivity index (χ1v) is 5.95. The van der Waals surface area contributed by atoms with Gasteiger partial charge >= 0.3 is 0 Å². The number of rotatable bonds is 3. The van der Waals surface area contributed by atoms with E-state index in [1.165, 1.54) is 6.07 Å². The van der Waals surface area contributed by atoms with Gasteiger partial charge in [0.1, 0.15) is 16.7 Å². The van der Waals surface area contributed by atoms with Crippen LogP contribution < -0.4 is 0 Å². The van der Waals surface area contributed by atoms with Gasteiger partial charge in [0, 0.05) is 5.56 Å². The molecule has 0 aliphatic carbocycles. The molecule has 1 aromatic rings. The van der Waals surface area contributed by atoms with Crippen molar-refractivity contribution < 1.29 is 17.5 Å². The largest absolute Gasteiger partial charge is 0.744 e. The molecule has 0 radical (unpaired) electrons. The second-order valence-electron chi connectivity index (χ2n) is 4.51. The maximum atomic E-state index is 11.0. The topological polar surface area (TPSA) is 57.2 Å². The van der Waals surface area contributed by atoms with E-state index in [1.807, 2.05) is 21.1 Å². The minimum absolute atomic E-state index is 0.113. The Morgan fingerprint density at radius 1 is 1.20 bits per heavy atom. The van der Waals surface area contributed by atoms with Gasteiger partial charge in [-0.3, -0.25) is 0 Å². The zero-order valence-electron chi connectivity index (χ0n) is 9.10. The standard InChI is InChI=1S/C10H15NO3S/c1-11(2,3)8-9-6-4-5-7-10(9)15(12,13)14/h4-7H,8H2,1-3H3. The van der Waals surface area contributed by atoms with Crippen LogP contribution in [-0.2, 0) is 16.7 Å². The second kappa shape index (κ2) is 3.92. The van der Waals surface area contributed by atoms with Crippen LogP contribution in [0.25, 0.3) is 0 Å². The highest BCUT2D eigenvalue weighted by molar-refractivity contribution is 7.85. The molecular weight excluding hydrogens is 214 g/mol. The summed E-state index contributed by atoms with van der Waals surface area (Å²) in [4.78, 5) is -0.113. The van der Waals surface area contributed by atoms with E-state index in [-0.39, 0.29) is 4.90 Å². The van der Waals surface area contributed by atoms with Gasteiger partial charge in [0.25, 0.3) is 0 Å². The summed E-state index contributed by atoms with van der Waals surface area (Å²) in [6.07, 6.45) is 0. The summed E-state index contributed by atoms with van der Waals surface area (Å²) in [6, 6.07) is 6.32. The number of hydrogen-bond acceptors (Lipinski definition) is 3. The molecule has 1 rings (SSSR count). The van der Waals surface area contributed by atoms with Crippen LogP contribution in [0.2, 0.25) is 0 Å². The fraction of sp³-hybridized carbons (Fsp3) is 0.400. The summed E-state index contributed by atoms with van der Waals surface area (Å²) in [5.74, 6) is 0. The Kier molecular flexibility index (Phi) is 3.18. The molecule has 15 heavy (non-hydrogen) atoms. The van der Waals surface area contributed by atoms with Crippen LogP contribution in [0.15, 0.2) is 29.2 Å². The predicted octanol–water partition coefficient (Wildman–Crippen LogP) is 0.797. The van der Waals surface area contributed by atoms with Crippen LogP contribution in [0.1, 0.15) is 5.56 Å². The first kappa shape index (κ1) is 12.2. The molecule has 1 aromatic carbocycles. The van der Waals surface area contributed by atoms with Crippen molar-refractivity contribution in [2.75, 3.05) is 21.1 Å². The van der Waals surface area contributed by atoms with Crippen molar-refractivity contribution in [1.29, 1.82) is 0 Å². The molecule has 0 aromatic heterocycles. The summed E-state index contributed by atoms with van der Waals surface area (Å²) in [6.45, 7) is 0.512. The SMILES string of the molecule is C[N+](C)(C)Cc1ccccc1S(=O)(=O)[O-]. The molecule has 0 spiro atoms. The van der Waals surface area contributed by atoms with E-state index < -0.39 is 10.1 Å². The van der Waals surface area contributed by atoms with E-state index in [0.29, 0.717) is 16.6 Å². The van der Waals surface area contributed by atoms with E-state index in [9.17, 15) is 13.0 Å². The van der Waals surface area contributed by atoms with Gasteiger partial charge in [-0.25, -0.2) is 8.42 Å². The van der Waals surface area contributed by atoms with Gasteiger partial charge in [0.15, 0.2) is 0 Å². The van der Waals surface area contributed by atoms with Crippen LogP contribution in [0.5, 0.6) is 0 Å². The fourth-order valence-corrected chi connectivity index (χ4v) is 2.09. The number of benzene rings is 1. The molecule has 4 nitrogen and oxygen atoms in total. The van der Waals surface area contributed by atoms with Crippen LogP contribution in [0.3, 0.4) is 0 Å². The van der Waals surface area contributed by atoms with E-state index in [2.05, 4.69) is 0 Å². The second-order valence-corrected chi connectivity index (χ2v) is 5.86. The molecule has 0 bridgehead atoms. The third kappa shape index (κ3) is 3.62. The zero-order valence-corrected chi connectivity index (χ0v) is 9.91. The Morgan fingerprint density at radius 2 is 1.73 bits per heavy atom. The first-order valence-electron chi connectivity index (χ1n) is 4.54. The van der Waals surface area contributed by atoms with Gasteiger partial charge < -0.3 is 9.04 Å². The maximum absolute atomic E-state index is 11.0. The molecule has 84 valence electrons. The quantitative estimate of drug-likeness (QED) is 0.569. The highest BCUT2D eigenvalue weighted by Crippen LogP contribution is 2.17. The minimum Gasteiger partial charge on any atom is -0.744 e. The average molecular weight is 229 g/mol. The Labute approximate surface area is 90.5 Å². The molecule has 0 saturated carbocycles. The number of quaternary nitrogens is 1. The maximum Gasteiger partial charge on any atom is 0.124 e. The van der Waals surface area contributed by atoms with Gasteiger partial charge in [-0.2, -0.15) is 0 Å². The van der Waals surface area contributed by atoms with Crippen LogP contribution in [0, 0.1) is 0 Å². The van der Waals surface area contributed by atoms with Crippen molar-refractivity contribution in [2.45, 2.75) is 11.4 Å². The number of nitrogens with zero attached hydrogens (tertiary/aromatic N) is 1. The van der Waals surface area contributed by atoms with Gasteiger partial charge in [-0.15, -0.1) is 0 Å². The Morgan fingerprint density at radius 3 is 2.20 bits per heavy atom. The molecule has 0 aliphatic heterocycles. The average Bonchev–Trinajstić information content (AvgIpc) is 1.99. The van der Waals surface area contributed by atoms with Crippen LogP contribution in [0.4, 0.5) is 0 Å². The highest BCUT2D eigenvalue weighted by atomic mass is 32.2. The van der Waals surface area contributed by atoms with Crippen molar-refractivity contribution in [3.05, 3.63) is 29.8 Å². The molecule has 0 amide bonds. The summed E-state index contributed by atoms with van der Waals surface area (Å²) in [5.41, 5.74) is 0.569. The molecule has 0 heterocycles. The lowest BCUT2D eigenvalue weighted by molar-refractivity contribution is -0.884. The lowest BCUT2D eigenvalue weighted by atomic mass is 10.2. The van der Waals surface area contributed by atoms with Crippen LogP contribution >= 0.6 is 0 Å². The minimum atomic E-state index is -4.37. The van der Waals surface area contributed by atoms with Crippen LogP contribution in [-0.4, -0.2) is 38.6 Å². The Bertz CT molecular complexity index is 446. The summed E-state index contributed by atoms with van der Waals surface area (Å²) < 4.78 is 33.5. The molecule has 0 fully saturated rings. The lowest BCUT2D eigenvalue weighted by Gasteiger charge is -2.25. The molecule has 0 aliphatic rings. The highest BCUT2D eigenvalue weighted by Gasteiger charge is 2.14. The van der Waals surface area contributed by atoms with Gasteiger partial charge in [-0.1, -0.05) is 18.2 Å². The predicted molar refractivity (Wildman–Crippen MR) is 56.1 cm³/mol. The summed E-state index contributed by atoms with van der Waals surface area (Å²) >= 11 is 0. The fourth-order valence-electron chi connectivity index (χ4n) is 1.39. The lowest BCUT2D eigenvalue weighted by Crippen LogP contribution is -2.33. The molecule has 5 heteroatoms. The normalized spacial score (nSPS) is 12.8. The molecule has 0 atom stereocenters. The third-order valence-corrected chi connectivity index (χ3v) is 2.82. The monoisotopic (exact) mass is 229 g/mol. The van der Waals surface area contributed by atoms with Gasteiger partial charge in [-0.05, 0) is 6.07 Å². The van der Waals surface area contributed by atoms with E-state index in [1.54, 1.807) is 18.2 Å². The zero-order chi connectivity index (χ0) is 11.7. The van der Waals surface area contributed by atoms with E-state index >= 15 is 0 Å². The van der Waals surface area contributed by atoms with Gasteiger partial charge in [0.05, 0.1) is 26.0 Å². The molecule has 0 saturated heterocycles. The first-order chi connectivity index (χ1) is 6.70. The van der Waals surface area contributed by atoms with E-state index in [4.69, 9.17) is 0 Å². The van der Waals surface area contributed by atoms with Crippen molar-refractivity contribution in [3.8, 4) is 0 Å². The van der Waals surface area contributed by atoms with Crippen molar-refractivity contribution in [3.63, 3.8) is 0 Å². The Balaban J connectivity index is 3.20. The van der Waals surface area contributed by atoms with Gasteiger partial charge in [0.2, 0.25) is 0 Å². The molecular formula is C10H15NO3S. The van der Waals surface area contributed by atoms with Crippen molar-refractivity contribution >= 4 is 10.1 Å². The molecule has 0 unspecified atom stereocenters. The van der Waals surface area contributed by atoms with Crippen molar-refractivity contribution in [1.82, 2.24) is 0 Å². The third-order valence-electron chi connectivity index (χ3n) is 1.89. The van der Waals surface area contributed by atoms with E-state index in [0.717, 1.165) is 0 Å². The molecule has 0 N–H and O–H groups in total.